The third-order valence-corrected chi connectivity index (χ3v) is 3.23. The number of hydrogen-bond donors (Lipinski definition) is 1. The van der Waals surface area contributed by atoms with E-state index in [4.69, 9.17) is 0 Å². The molecule has 1 unspecified atom stereocenters. The van der Waals surface area contributed by atoms with Gasteiger partial charge in [-0.25, -0.2) is 4.79 Å². The number of carboxylic acid groups (broad SMARTS) is 1. The molecular weight excluding hydrogens is 206 g/mol. The molecule has 1 amide bonds. The normalized spacial score (nSPS) is 19.3. The molecule has 0 spiro atoms. The van der Waals surface area contributed by atoms with Crippen molar-refractivity contribution in [3.63, 3.8) is 0 Å². The van der Waals surface area contributed by atoms with Gasteiger partial charge in [0.25, 0.3) is 0 Å². The van der Waals surface area contributed by atoms with E-state index < -0.39 is 11.5 Å². The van der Waals surface area contributed by atoms with Crippen molar-refractivity contribution in [2.45, 2.75) is 58.5 Å². The average molecular weight is 227 g/mol. The minimum atomic E-state index is -1.05. The lowest BCUT2D eigenvalue weighted by molar-refractivity contribution is -0.160. The monoisotopic (exact) mass is 227 g/mol. The van der Waals surface area contributed by atoms with E-state index in [9.17, 15) is 14.7 Å². The summed E-state index contributed by atoms with van der Waals surface area (Å²) in [6.45, 7) is 6.81. The maximum absolute atomic E-state index is 11.6. The number of hydrogen-bond acceptors (Lipinski definition) is 2. The highest BCUT2D eigenvalue weighted by atomic mass is 16.4. The van der Waals surface area contributed by atoms with E-state index in [1.165, 1.54) is 11.8 Å². The van der Waals surface area contributed by atoms with Gasteiger partial charge >= 0.3 is 5.97 Å². The summed E-state index contributed by atoms with van der Waals surface area (Å²) >= 11 is 0. The molecule has 1 rings (SSSR count). The van der Waals surface area contributed by atoms with E-state index in [2.05, 4.69) is 0 Å². The Morgan fingerprint density at radius 2 is 1.94 bits per heavy atom. The minimum absolute atomic E-state index is 0.0858. The summed E-state index contributed by atoms with van der Waals surface area (Å²) in [7, 11) is 0. The molecule has 1 atom stereocenters. The van der Waals surface area contributed by atoms with Crippen molar-refractivity contribution in [3.8, 4) is 0 Å². The first-order valence-electron chi connectivity index (χ1n) is 5.82. The van der Waals surface area contributed by atoms with Crippen LogP contribution in [0.5, 0.6) is 0 Å². The average Bonchev–Trinajstić information content (AvgIpc) is 2.85. The van der Waals surface area contributed by atoms with Crippen molar-refractivity contribution in [2.75, 3.05) is 0 Å². The highest BCUT2D eigenvalue weighted by Gasteiger charge is 2.46. The lowest BCUT2D eigenvalue weighted by Gasteiger charge is -2.40. The van der Waals surface area contributed by atoms with Crippen molar-refractivity contribution in [2.24, 2.45) is 5.92 Å². The van der Waals surface area contributed by atoms with Crippen LogP contribution in [0.25, 0.3) is 0 Å². The molecule has 4 nitrogen and oxygen atoms in total. The first-order valence-corrected chi connectivity index (χ1v) is 5.82. The maximum Gasteiger partial charge on any atom is 0.329 e. The van der Waals surface area contributed by atoms with Crippen LogP contribution in [-0.4, -0.2) is 33.5 Å². The van der Waals surface area contributed by atoms with Gasteiger partial charge in [-0.1, -0.05) is 12.8 Å². The molecule has 1 saturated carbocycles. The van der Waals surface area contributed by atoms with Crippen LogP contribution < -0.4 is 0 Å². The fourth-order valence-corrected chi connectivity index (χ4v) is 2.45. The predicted octanol–water partition coefficient (Wildman–Crippen LogP) is 1.89. The van der Waals surface area contributed by atoms with Crippen molar-refractivity contribution >= 4 is 11.9 Å². The molecule has 0 aromatic rings. The molecule has 1 aliphatic carbocycles. The summed E-state index contributed by atoms with van der Waals surface area (Å²) in [5.41, 5.74) is -1.05. The van der Waals surface area contributed by atoms with Gasteiger partial charge < -0.3 is 10.0 Å². The summed E-state index contributed by atoms with van der Waals surface area (Å²) in [6.07, 6.45) is 2.75. The van der Waals surface area contributed by atoms with Gasteiger partial charge in [-0.15, -0.1) is 0 Å². The number of aliphatic carboxylic acids is 1. The molecule has 0 aliphatic heterocycles. The number of nitrogens with zero attached hydrogens (tertiary/aromatic N) is 1. The van der Waals surface area contributed by atoms with Crippen molar-refractivity contribution in [1.29, 1.82) is 0 Å². The molecular formula is C12H21NO3. The Kier molecular flexibility index (Phi) is 3.61. The van der Waals surface area contributed by atoms with Gasteiger partial charge in [-0.05, 0) is 33.1 Å². The van der Waals surface area contributed by atoms with Gasteiger partial charge in [-0.3, -0.25) is 4.79 Å². The van der Waals surface area contributed by atoms with E-state index >= 15 is 0 Å². The Morgan fingerprint density at radius 3 is 2.19 bits per heavy atom. The van der Waals surface area contributed by atoms with E-state index in [0.717, 1.165) is 12.8 Å². The quantitative estimate of drug-likeness (QED) is 0.780. The first kappa shape index (κ1) is 13.0. The summed E-state index contributed by atoms with van der Waals surface area (Å²) in [5.74, 6) is -0.592. The Labute approximate surface area is 96.6 Å². The van der Waals surface area contributed by atoms with Crippen molar-refractivity contribution < 1.29 is 14.7 Å². The van der Waals surface area contributed by atoms with Crippen LogP contribution in [0.4, 0.5) is 0 Å². The molecule has 92 valence electrons. The van der Waals surface area contributed by atoms with Crippen LogP contribution in [0.1, 0.15) is 47.0 Å². The SMILES string of the molecule is CC(=O)N(C(C)C)C(C)(CC1CC1)C(=O)O. The van der Waals surface area contributed by atoms with Crippen LogP contribution in [0.3, 0.4) is 0 Å². The number of carbonyl (C=O) groups is 2. The summed E-state index contributed by atoms with van der Waals surface area (Å²) < 4.78 is 0. The molecule has 0 aromatic heterocycles. The molecule has 16 heavy (non-hydrogen) atoms. The van der Waals surface area contributed by atoms with E-state index in [0.29, 0.717) is 12.3 Å². The van der Waals surface area contributed by atoms with Crippen LogP contribution in [0.2, 0.25) is 0 Å². The Morgan fingerprint density at radius 1 is 1.44 bits per heavy atom. The smallest absolute Gasteiger partial charge is 0.329 e. The minimum Gasteiger partial charge on any atom is -0.480 e. The molecule has 4 heteroatoms. The highest BCUT2D eigenvalue weighted by molar-refractivity contribution is 5.86. The van der Waals surface area contributed by atoms with Crippen LogP contribution in [-0.2, 0) is 9.59 Å². The lowest BCUT2D eigenvalue weighted by atomic mass is 9.91. The van der Waals surface area contributed by atoms with Gasteiger partial charge in [0.1, 0.15) is 5.54 Å². The second kappa shape index (κ2) is 4.44. The number of rotatable bonds is 5. The van der Waals surface area contributed by atoms with Crippen LogP contribution >= 0.6 is 0 Å². The molecule has 0 saturated heterocycles. The van der Waals surface area contributed by atoms with Gasteiger partial charge in [0.2, 0.25) is 5.91 Å². The standard InChI is InChI=1S/C12H21NO3/c1-8(2)13(9(3)14)12(4,11(15)16)7-10-5-6-10/h8,10H,5-7H2,1-4H3,(H,15,16). The third-order valence-electron chi connectivity index (χ3n) is 3.23. The van der Waals surface area contributed by atoms with Crippen molar-refractivity contribution in [3.05, 3.63) is 0 Å². The molecule has 1 fully saturated rings. The second-order valence-corrected chi connectivity index (χ2v) is 5.21. The summed E-state index contributed by atoms with van der Waals surface area (Å²) in [6, 6.07) is -0.0858. The molecule has 1 aliphatic rings. The van der Waals surface area contributed by atoms with Gasteiger partial charge in [0.05, 0.1) is 0 Å². The number of amides is 1. The molecule has 0 bridgehead atoms. The molecule has 1 N–H and O–H groups in total. The second-order valence-electron chi connectivity index (χ2n) is 5.21. The zero-order valence-electron chi connectivity index (χ0n) is 10.5. The molecule has 0 aromatic carbocycles. The number of carbonyl (C=O) groups excluding carboxylic acids is 1. The van der Waals surface area contributed by atoms with Gasteiger partial charge in [0.15, 0.2) is 0 Å². The lowest BCUT2D eigenvalue weighted by Crippen LogP contribution is -2.57. The Bertz CT molecular complexity index is 297. The number of carboxylic acids is 1. The highest BCUT2D eigenvalue weighted by Crippen LogP contribution is 2.39. The third kappa shape index (κ3) is 2.54. The first-order chi connectivity index (χ1) is 7.29. The largest absolute Gasteiger partial charge is 0.480 e. The fraction of sp³-hybridized carbons (Fsp3) is 0.833. The zero-order chi connectivity index (χ0) is 12.5. The zero-order valence-corrected chi connectivity index (χ0v) is 10.5. The summed E-state index contributed by atoms with van der Waals surface area (Å²) in [4.78, 5) is 24.5. The van der Waals surface area contributed by atoms with Gasteiger partial charge in [-0.2, -0.15) is 0 Å². The van der Waals surface area contributed by atoms with E-state index in [1.54, 1.807) is 6.92 Å². The van der Waals surface area contributed by atoms with Crippen molar-refractivity contribution in [1.82, 2.24) is 4.90 Å². The summed E-state index contributed by atoms with van der Waals surface area (Å²) in [5, 5.41) is 9.38. The topological polar surface area (TPSA) is 57.6 Å². The maximum atomic E-state index is 11.6. The predicted molar refractivity (Wildman–Crippen MR) is 61.0 cm³/mol. The Hall–Kier alpha value is -1.06. The van der Waals surface area contributed by atoms with Crippen LogP contribution in [0.15, 0.2) is 0 Å². The molecule has 0 heterocycles. The Balaban J connectivity index is 2.95. The van der Waals surface area contributed by atoms with E-state index in [-0.39, 0.29) is 11.9 Å². The molecule has 0 radical (unpaired) electrons. The van der Waals surface area contributed by atoms with E-state index in [1.807, 2.05) is 13.8 Å². The van der Waals surface area contributed by atoms with Crippen LogP contribution in [0, 0.1) is 5.92 Å². The fourth-order valence-electron chi connectivity index (χ4n) is 2.45. The van der Waals surface area contributed by atoms with Gasteiger partial charge in [0, 0.05) is 13.0 Å².